The number of nitro groups is 1. The van der Waals surface area contributed by atoms with Crippen molar-refractivity contribution in [3.63, 3.8) is 0 Å². The first-order valence-electron chi connectivity index (χ1n) is 6.76. The molecule has 1 N–H and O–H groups in total. The summed E-state index contributed by atoms with van der Waals surface area (Å²) < 4.78 is 1.71. The van der Waals surface area contributed by atoms with Gasteiger partial charge in [-0.2, -0.15) is 5.10 Å². The van der Waals surface area contributed by atoms with Gasteiger partial charge in [-0.15, -0.1) is 0 Å². The zero-order chi connectivity index (χ0) is 14.1. The van der Waals surface area contributed by atoms with E-state index < -0.39 is 0 Å². The monoisotopic (exact) mass is 272 g/mol. The second-order valence-corrected chi connectivity index (χ2v) is 4.98. The Labute approximate surface area is 116 Å². The molecule has 3 rings (SSSR count). The summed E-state index contributed by atoms with van der Waals surface area (Å²) in [4.78, 5) is 10.6. The average molecular weight is 272 g/mol. The van der Waals surface area contributed by atoms with Crippen molar-refractivity contribution in [2.45, 2.75) is 25.7 Å². The Morgan fingerprint density at radius 2 is 2.25 bits per heavy atom. The largest absolute Gasteiger partial charge is 0.385 e. The molecule has 6 heteroatoms. The number of hydrogen-bond acceptors (Lipinski definition) is 4. The number of hydrogen-bond donors (Lipinski definition) is 1. The third-order valence-electron chi connectivity index (χ3n) is 3.36. The number of non-ortho nitro benzene ring substituents is 1. The fraction of sp³-hybridized carbons (Fsp3) is 0.357. The molecule has 6 nitrogen and oxygen atoms in total. The summed E-state index contributed by atoms with van der Waals surface area (Å²) in [6.45, 7) is 2.67. The number of aromatic nitrogens is 2. The van der Waals surface area contributed by atoms with Crippen LogP contribution >= 0.6 is 0 Å². The smallest absolute Gasteiger partial charge is 0.273 e. The van der Waals surface area contributed by atoms with Crippen molar-refractivity contribution in [3.05, 3.63) is 46.3 Å². The van der Waals surface area contributed by atoms with Crippen molar-refractivity contribution in [3.8, 4) is 5.69 Å². The summed E-state index contributed by atoms with van der Waals surface area (Å²) in [5.74, 6) is 0.572. The van der Waals surface area contributed by atoms with Crippen LogP contribution in [0.3, 0.4) is 0 Å². The van der Waals surface area contributed by atoms with Crippen LogP contribution in [0.1, 0.15) is 31.4 Å². The van der Waals surface area contributed by atoms with Gasteiger partial charge in [0.05, 0.1) is 16.3 Å². The number of benzene rings is 1. The van der Waals surface area contributed by atoms with E-state index in [1.54, 1.807) is 10.7 Å². The van der Waals surface area contributed by atoms with E-state index in [9.17, 15) is 10.1 Å². The molecule has 0 aliphatic heterocycles. The highest BCUT2D eigenvalue weighted by Crippen LogP contribution is 2.39. The number of nitrogens with zero attached hydrogens (tertiary/aromatic N) is 3. The molecular formula is C14H16N4O2. The summed E-state index contributed by atoms with van der Waals surface area (Å²) in [5.41, 5.74) is 2.59. The molecule has 0 atom stereocenters. The molecule has 0 amide bonds. The van der Waals surface area contributed by atoms with E-state index in [-0.39, 0.29) is 10.6 Å². The molecule has 1 aromatic carbocycles. The standard InChI is InChI=1S/C14H16N4O2/c1-2-15-11-7-12(9-13(8-11)18(19)20)17-6-5-14(16-17)10-3-4-10/h5-10,15H,2-4H2,1H3. The molecular weight excluding hydrogens is 256 g/mol. The second kappa shape index (κ2) is 4.96. The van der Waals surface area contributed by atoms with Gasteiger partial charge in [-0.3, -0.25) is 10.1 Å². The Morgan fingerprint density at radius 3 is 2.90 bits per heavy atom. The van der Waals surface area contributed by atoms with Crippen LogP contribution in [-0.2, 0) is 0 Å². The second-order valence-electron chi connectivity index (χ2n) is 4.98. The Morgan fingerprint density at radius 1 is 1.45 bits per heavy atom. The van der Waals surface area contributed by atoms with Crippen LogP contribution in [0.15, 0.2) is 30.5 Å². The van der Waals surface area contributed by atoms with E-state index in [1.165, 1.54) is 18.9 Å². The molecule has 0 saturated heterocycles. The topological polar surface area (TPSA) is 73.0 Å². The van der Waals surface area contributed by atoms with Crippen LogP contribution in [0.25, 0.3) is 5.69 Å². The minimum Gasteiger partial charge on any atom is -0.385 e. The van der Waals surface area contributed by atoms with Crippen molar-refractivity contribution in [1.29, 1.82) is 0 Å². The molecule has 1 aliphatic rings. The normalized spacial score (nSPS) is 14.2. The number of anilines is 1. The maximum Gasteiger partial charge on any atom is 0.273 e. The molecule has 20 heavy (non-hydrogen) atoms. The minimum atomic E-state index is -0.379. The zero-order valence-corrected chi connectivity index (χ0v) is 11.2. The lowest BCUT2D eigenvalue weighted by Crippen LogP contribution is -2.02. The maximum absolute atomic E-state index is 11.0. The molecule has 0 radical (unpaired) electrons. The third-order valence-corrected chi connectivity index (χ3v) is 3.36. The first-order chi connectivity index (χ1) is 9.67. The highest BCUT2D eigenvalue weighted by molar-refractivity contribution is 5.58. The summed E-state index contributed by atoms with van der Waals surface area (Å²) in [5, 5.41) is 18.6. The SMILES string of the molecule is CCNc1cc(-n2ccc(C3CC3)n2)cc([N+](=O)[O-])c1. The van der Waals surface area contributed by atoms with Gasteiger partial charge in [0.2, 0.25) is 0 Å². The van der Waals surface area contributed by atoms with Crippen molar-refractivity contribution >= 4 is 11.4 Å². The van der Waals surface area contributed by atoms with E-state index in [2.05, 4.69) is 10.4 Å². The van der Waals surface area contributed by atoms with Gasteiger partial charge in [0.25, 0.3) is 5.69 Å². The van der Waals surface area contributed by atoms with Crippen molar-refractivity contribution in [1.82, 2.24) is 9.78 Å². The van der Waals surface area contributed by atoms with Gasteiger partial charge in [0.15, 0.2) is 0 Å². The van der Waals surface area contributed by atoms with Crippen LogP contribution in [-0.4, -0.2) is 21.2 Å². The maximum atomic E-state index is 11.0. The Balaban J connectivity index is 1.99. The number of rotatable bonds is 5. The lowest BCUT2D eigenvalue weighted by molar-refractivity contribution is -0.384. The van der Waals surface area contributed by atoms with Crippen LogP contribution in [0.2, 0.25) is 0 Å². The average Bonchev–Trinajstić information content (AvgIpc) is 3.16. The first kappa shape index (κ1) is 12.7. The summed E-state index contributed by atoms with van der Waals surface area (Å²) in [6, 6.07) is 6.95. The Hall–Kier alpha value is -2.37. The summed E-state index contributed by atoms with van der Waals surface area (Å²) >= 11 is 0. The number of nitro benzene ring substituents is 1. The molecule has 0 spiro atoms. The number of nitrogens with one attached hydrogen (secondary N) is 1. The van der Waals surface area contributed by atoms with Crippen LogP contribution in [0.4, 0.5) is 11.4 Å². The Bertz CT molecular complexity index is 646. The van der Waals surface area contributed by atoms with Crippen LogP contribution in [0, 0.1) is 10.1 Å². The van der Waals surface area contributed by atoms with Gasteiger partial charge in [-0.1, -0.05) is 0 Å². The van der Waals surface area contributed by atoms with Crippen LogP contribution < -0.4 is 5.32 Å². The third kappa shape index (κ3) is 2.49. The lowest BCUT2D eigenvalue weighted by atomic mass is 10.2. The van der Waals surface area contributed by atoms with Crippen molar-refractivity contribution < 1.29 is 4.92 Å². The van der Waals surface area contributed by atoms with Gasteiger partial charge in [0.1, 0.15) is 0 Å². The fourth-order valence-electron chi connectivity index (χ4n) is 2.22. The van der Waals surface area contributed by atoms with Gasteiger partial charge >= 0.3 is 0 Å². The molecule has 1 fully saturated rings. The van der Waals surface area contributed by atoms with E-state index in [0.717, 1.165) is 11.4 Å². The molecule has 1 saturated carbocycles. The molecule has 0 unspecified atom stereocenters. The highest BCUT2D eigenvalue weighted by atomic mass is 16.6. The highest BCUT2D eigenvalue weighted by Gasteiger charge is 2.26. The molecule has 1 aromatic heterocycles. The summed E-state index contributed by atoms with van der Waals surface area (Å²) in [7, 11) is 0. The minimum absolute atomic E-state index is 0.0712. The van der Waals surface area contributed by atoms with Gasteiger partial charge < -0.3 is 5.32 Å². The first-order valence-corrected chi connectivity index (χ1v) is 6.76. The predicted octanol–water partition coefficient (Wildman–Crippen LogP) is 3.09. The quantitative estimate of drug-likeness (QED) is 0.670. The van der Waals surface area contributed by atoms with E-state index in [0.29, 0.717) is 18.2 Å². The lowest BCUT2D eigenvalue weighted by Gasteiger charge is -2.07. The van der Waals surface area contributed by atoms with E-state index >= 15 is 0 Å². The van der Waals surface area contributed by atoms with Crippen LogP contribution in [0.5, 0.6) is 0 Å². The predicted molar refractivity (Wildman–Crippen MR) is 76.4 cm³/mol. The molecule has 1 aliphatic carbocycles. The van der Waals surface area contributed by atoms with E-state index in [1.807, 2.05) is 25.3 Å². The Kier molecular flexibility index (Phi) is 3.14. The molecule has 2 aromatic rings. The van der Waals surface area contributed by atoms with E-state index in [4.69, 9.17) is 0 Å². The molecule has 0 bridgehead atoms. The summed E-state index contributed by atoms with van der Waals surface area (Å²) in [6.07, 6.45) is 4.24. The van der Waals surface area contributed by atoms with Gasteiger partial charge in [-0.25, -0.2) is 4.68 Å². The van der Waals surface area contributed by atoms with Gasteiger partial charge in [0, 0.05) is 36.5 Å². The van der Waals surface area contributed by atoms with Gasteiger partial charge in [-0.05, 0) is 31.9 Å². The molecule has 1 heterocycles. The fourth-order valence-corrected chi connectivity index (χ4v) is 2.22. The zero-order valence-electron chi connectivity index (χ0n) is 11.2. The molecule has 104 valence electrons. The van der Waals surface area contributed by atoms with Crippen molar-refractivity contribution in [2.24, 2.45) is 0 Å². The van der Waals surface area contributed by atoms with Crippen molar-refractivity contribution in [2.75, 3.05) is 11.9 Å².